The molecule has 0 amide bonds. The number of anilines is 1. The fourth-order valence-electron chi connectivity index (χ4n) is 4.12. The molecule has 1 fully saturated rings. The van der Waals surface area contributed by atoms with Crippen LogP contribution in [-0.4, -0.2) is 75.2 Å². The molecule has 2 aromatic carbocycles. The summed E-state index contributed by atoms with van der Waals surface area (Å²) in [5.41, 5.74) is 0.833. The first-order valence-electron chi connectivity index (χ1n) is 11.4. The van der Waals surface area contributed by atoms with Crippen LogP contribution in [0.1, 0.15) is 0 Å². The molecule has 0 unspecified atom stereocenters. The van der Waals surface area contributed by atoms with E-state index in [-0.39, 0.29) is 6.61 Å². The Balaban J connectivity index is 1.08. The molecule has 0 radical (unpaired) electrons. The number of benzene rings is 2. The van der Waals surface area contributed by atoms with E-state index in [1.807, 2.05) is 67.8 Å². The Labute approximate surface area is 198 Å². The molecule has 1 aliphatic heterocycles. The highest BCUT2D eigenvalue weighted by atomic mass is 16.5. The number of ether oxygens (including phenoxy) is 2. The molecule has 3 heterocycles. The molecule has 1 aliphatic rings. The van der Waals surface area contributed by atoms with Gasteiger partial charge in [-0.25, -0.2) is 9.97 Å². The molecule has 1 atom stereocenters. The van der Waals surface area contributed by atoms with Crippen LogP contribution < -0.4 is 14.4 Å². The van der Waals surface area contributed by atoms with Crippen molar-refractivity contribution in [3.63, 3.8) is 0 Å². The standard InChI is InChI=1S/C25H28N6O3/c1-29-24-23(15-28-29)25(27-18-26-24)31-13-11-30(12-14-31)16-19(32)17-33-20-7-9-22(10-8-20)34-21-5-3-2-4-6-21/h2-10,15,18-19,32H,11-14,16-17H2,1H3/t19-/m0/s1. The van der Waals surface area contributed by atoms with E-state index in [2.05, 4.69) is 24.9 Å². The largest absolute Gasteiger partial charge is 0.491 e. The number of aromatic nitrogens is 4. The van der Waals surface area contributed by atoms with Crippen LogP contribution in [0.3, 0.4) is 0 Å². The van der Waals surface area contributed by atoms with Crippen LogP contribution in [0.15, 0.2) is 67.1 Å². The van der Waals surface area contributed by atoms with E-state index in [1.165, 1.54) is 0 Å². The fraction of sp³-hybridized carbons (Fsp3) is 0.320. The zero-order chi connectivity index (χ0) is 23.3. The molecule has 9 heteroatoms. The minimum Gasteiger partial charge on any atom is -0.491 e. The van der Waals surface area contributed by atoms with Gasteiger partial charge in [-0.1, -0.05) is 18.2 Å². The van der Waals surface area contributed by atoms with Crippen molar-refractivity contribution in [3.05, 3.63) is 67.1 Å². The number of piperazine rings is 1. The van der Waals surface area contributed by atoms with Crippen molar-refractivity contribution in [1.82, 2.24) is 24.6 Å². The Morgan fingerprint density at radius 3 is 2.38 bits per heavy atom. The maximum absolute atomic E-state index is 10.5. The maximum Gasteiger partial charge on any atom is 0.163 e. The zero-order valence-corrected chi connectivity index (χ0v) is 19.1. The number of β-amino-alcohol motifs (C(OH)–C–C–N with tert-alkyl or cyclic N) is 1. The summed E-state index contributed by atoms with van der Waals surface area (Å²) in [6.07, 6.45) is 2.84. The average molecular weight is 461 g/mol. The summed E-state index contributed by atoms with van der Waals surface area (Å²) < 4.78 is 13.3. The van der Waals surface area contributed by atoms with Gasteiger partial charge in [0.05, 0.1) is 11.6 Å². The van der Waals surface area contributed by atoms with Crippen LogP contribution in [-0.2, 0) is 7.05 Å². The lowest BCUT2D eigenvalue weighted by atomic mass is 10.2. The quantitative estimate of drug-likeness (QED) is 0.429. The lowest BCUT2D eigenvalue weighted by molar-refractivity contribution is 0.0662. The normalized spacial score (nSPS) is 15.4. The summed E-state index contributed by atoms with van der Waals surface area (Å²) in [5, 5.41) is 15.8. The van der Waals surface area contributed by atoms with E-state index in [9.17, 15) is 5.11 Å². The minimum absolute atomic E-state index is 0.237. The third kappa shape index (κ3) is 5.11. The van der Waals surface area contributed by atoms with Gasteiger partial charge in [-0.2, -0.15) is 5.10 Å². The van der Waals surface area contributed by atoms with Crippen LogP contribution in [0.25, 0.3) is 11.0 Å². The number of hydrogen-bond donors (Lipinski definition) is 1. The molecule has 176 valence electrons. The van der Waals surface area contributed by atoms with Crippen molar-refractivity contribution in [1.29, 1.82) is 0 Å². The molecule has 0 bridgehead atoms. The molecule has 0 saturated carbocycles. The smallest absolute Gasteiger partial charge is 0.163 e. The molecular weight excluding hydrogens is 432 g/mol. The van der Waals surface area contributed by atoms with E-state index in [0.29, 0.717) is 12.3 Å². The number of hydrogen-bond acceptors (Lipinski definition) is 8. The van der Waals surface area contributed by atoms with E-state index in [4.69, 9.17) is 9.47 Å². The van der Waals surface area contributed by atoms with Gasteiger partial charge in [0.15, 0.2) is 5.65 Å². The number of rotatable bonds is 8. The molecule has 0 aliphatic carbocycles. The molecule has 2 aromatic heterocycles. The number of para-hydroxylation sites is 1. The molecule has 1 saturated heterocycles. The van der Waals surface area contributed by atoms with Crippen molar-refractivity contribution in [2.75, 3.05) is 44.2 Å². The molecule has 34 heavy (non-hydrogen) atoms. The van der Waals surface area contributed by atoms with Crippen LogP contribution in [0, 0.1) is 0 Å². The van der Waals surface area contributed by atoms with E-state index in [0.717, 1.165) is 54.5 Å². The summed E-state index contributed by atoms with van der Waals surface area (Å²) in [6.45, 7) is 4.15. The number of aliphatic hydroxyl groups is 1. The molecule has 5 rings (SSSR count). The zero-order valence-electron chi connectivity index (χ0n) is 19.1. The first-order valence-corrected chi connectivity index (χ1v) is 11.4. The summed E-state index contributed by atoms with van der Waals surface area (Å²) in [6, 6.07) is 17.1. The van der Waals surface area contributed by atoms with Gasteiger partial charge in [-0.15, -0.1) is 0 Å². The Morgan fingerprint density at radius 1 is 0.912 bits per heavy atom. The highest BCUT2D eigenvalue weighted by Crippen LogP contribution is 2.24. The van der Waals surface area contributed by atoms with Crippen LogP contribution >= 0.6 is 0 Å². The number of aryl methyl sites for hydroxylation is 1. The monoisotopic (exact) mass is 460 g/mol. The average Bonchev–Trinajstić information content (AvgIpc) is 3.26. The topological polar surface area (TPSA) is 88.8 Å². The fourth-order valence-corrected chi connectivity index (χ4v) is 4.12. The summed E-state index contributed by atoms with van der Waals surface area (Å²) in [5.74, 6) is 3.15. The predicted octanol–water partition coefficient (Wildman–Crippen LogP) is 2.72. The Bertz CT molecular complexity index is 1210. The summed E-state index contributed by atoms with van der Waals surface area (Å²) in [4.78, 5) is 13.3. The number of nitrogens with zero attached hydrogens (tertiary/aromatic N) is 6. The Hall–Kier alpha value is -3.69. The predicted molar refractivity (Wildman–Crippen MR) is 129 cm³/mol. The van der Waals surface area contributed by atoms with Gasteiger partial charge in [-0.05, 0) is 36.4 Å². The molecule has 4 aromatic rings. The summed E-state index contributed by atoms with van der Waals surface area (Å²) >= 11 is 0. The van der Waals surface area contributed by atoms with Gasteiger partial charge in [0.25, 0.3) is 0 Å². The third-order valence-electron chi connectivity index (χ3n) is 5.89. The van der Waals surface area contributed by atoms with E-state index in [1.54, 1.807) is 11.0 Å². The van der Waals surface area contributed by atoms with Crippen LogP contribution in [0.5, 0.6) is 17.2 Å². The van der Waals surface area contributed by atoms with Gasteiger partial charge in [-0.3, -0.25) is 9.58 Å². The van der Waals surface area contributed by atoms with Gasteiger partial charge < -0.3 is 19.5 Å². The SMILES string of the molecule is Cn1ncc2c(N3CCN(C[C@H](O)COc4ccc(Oc5ccccc5)cc4)CC3)ncnc21. The molecular formula is C25H28N6O3. The van der Waals surface area contributed by atoms with E-state index >= 15 is 0 Å². The molecule has 0 spiro atoms. The lowest BCUT2D eigenvalue weighted by Crippen LogP contribution is -2.49. The van der Waals surface area contributed by atoms with Gasteiger partial charge in [0.1, 0.15) is 42.1 Å². The van der Waals surface area contributed by atoms with Crippen molar-refractivity contribution in [3.8, 4) is 17.2 Å². The molecule has 1 N–H and O–H groups in total. The van der Waals surface area contributed by atoms with Crippen molar-refractivity contribution in [2.45, 2.75) is 6.10 Å². The second kappa shape index (κ2) is 10.1. The van der Waals surface area contributed by atoms with Crippen molar-refractivity contribution >= 4 is 16.9 Å². The first kappa shape index (κ1) is 22.1. The lowest BCUT2D eigenvalue weighted by Gasteiger charge is -2.36. The van der Waals surface area contributed by atoms with Gasteiger partial charge in [0.2, 0.25) is 0 Å². The van der Waals surface area contributed by atoms with E-state index < -0.39 is 6.10 Å². The second-order valence-electron chi connectivity index (χ2n) is 8.34. The van der Waals surface area contributed by atoms with Gasteiger partial charge >= 0.3 is 0 Å². The number of fused-ring (bicyclic) bond motifs is 1. The number of aliphatic hydroxyl groups excluding tert-OH is 1. The Morgan fingerprint density at radius 2 is 1.62 bits per heavy atom. The minimum atomic E-state index is -0.573. The maximum atomic E-state index is 10.5. The van der Waals surface area contributed by atoms with Gasteiger partial charge in [0, 0.05) is 39.8 Å². The van der Waals surface area contributed by atoms with Crippen LogP contribution in [0.4, 0.5) is 5.82 Å². The second-order valence-corrected chi connectivity index (χ2v) is 8.34. The summed E-state index contributed by atoms with van der Waals surface area (Å²) in [7, 11) is 1.88. The Kier molecular flexibility index (Phi) is 6.55. The molecule has 9 nitrogen and oxygen atoms in total. The van der Waals surface area contributed by atoms with Crippen molar-refractivity contribution in [2.24, 2.45) is 7.05 Å². The highest BCUT2D eigenvalue weighted by Gasteiger charge is 2.22. The van der Waals surface area contributed by atoms with Crippen molar-refractivity contribution < 1.29 is 14.6 Å². The third-order valence-corrected chi connectivity index (χ3v) is 5.89. The van der Waals surface area contributed by atoms with Crippen LogP contribution in [0.2, 0.25) is 0 Å². The highest BCUT2D eigenvalue weighted by molar-refractivity contribution is 5.86. The first-order chi connectivity index (χ1) is 16.7.